The zero-order valence-corrected chi connectivity index (χ0v) is 12.1. The fourth-order valence-electron chi connectivity index (χ4n) is 1.98. The molecule has 1 fully saturated rings. The van der Waals surface area contributed by atoms with Crippen LogP contribution in [0, 0.1) is 5.92 Å². The molecule has 0 spiro atoms. The van der Waals surface area contributed by atoms with Crippen molar-refractivity contribution >= 4 is 33.3 Å². The van der Waals surface area contributed by atoms with E-state index in [0.29, 0.717) is 6.42 Å². The first kappa shape index (κ1) is 14.9. The van der Waals surface area contributed by atoms with Gasteiger partial charge in [-0.1, -0.05) is 0 Å². The molecule has 2 heterocycles. The second kappa shape index (κ2) is 5.46. The van der Waals surface area contributed by atoms with Gasteiger partial charge >= 0.3 is 11.9 Å². The van der Waals surface area contributed by atoms with E-state index in [1.54, 1.807) is 0 Å². The van der Waals surface area contributed by atoms with Crippen molar-refractivity contribution in [3.63, 3.8) is 0 Å². The molecule has 20 heavy (non-hydrogen) atoms. The molecular weight excluding hydrogens is 308 g/mol. The SMILES string of the molecule is COC(=O)C1CCN(S(=O)(=O)c2scnc2C(=O)O)C1. The first-order valence-corrected chi connectivity index (χ1v) is 7.94. The van der Waals surface area contributed by atoms with Crippen LogP contribution in [-0.4, -0.2) is 55.0 Å². The van der Waals surface area contributed by atoms with Gasteiger partial charge in [-0.05, 0) is 6.42 Å². The highest BCUT2D eigenvalue weighted by Crippen LogP contribution is 2.29. The maximum atomic E-state index is 12.4. The lowest BCUT2D eigenvalue weighted by atomic mass is 10.1. The van der Waals surface area contributed by atoms with Crippen LogP contribution < -0.4 is 0 Å². The van der Waals surface area contributed by atoms with Crippen molar-refractivity contribution < 1.29 is 27.9 Å². The number of carbonyl (C=O) groups is 2. The van der Waals surface area contributed by atoms with E-state index >= 15 is 0 Å². The topological polar surface area (TPSA) is 114 Å². The number of ether oxygens (including phenoxy) is 1. The molecule has 0 aliphatic carbocycles. The lowest BCUT2D eigenvalue weighted by Crippen LogP contribution is -2.30. The Balaban J connectivity index is 2.26. The lowest BCUT2D eigenvalue weighted by molar-refractivity contribution is -0.144. The third kappa shape index (κ3) is 2.53. The summed E-state index contributed by atoms with van der Waals surface area (Å²) >= 11 is 0.749. The number of nitrogens with zero attached hydrogens (tertiary/aromatic N) is 2. The number of sulfonamides is 1. The summed E-state index contributed by atoms with van der Waals surface area (Å²) in [5.74, 6) is -2.38. The van der Waals surface area contributed by atoms with Gasteiger partial charge in [0.2, 0.25) is 0 Å². The molecule has 1 saturated heterocycles. The molecule has 0 bridgehead atoms. The van der Waals surface area contributed by atoms with Crippen LogP contribution in [0.2, 0.25) is 0 Å². The number of hydrogen-bond acceptors (Lipinski definition) is 7. The average Bonchev–Trinajstić information content (AvgIpc) is 3.06. The number of carbonyl (C=O) groups excluding carboxylic acids is 1. The van der Waals surface area contributed by atoms with Crippen LogP contribution in [-0.2, 0) is 19.6 Å². The molecule has 2 rings (SSSR count). The normalized spacial score (nSPS) is 19.9. The standard InChI is InChI=1S/C10H12N2O6S2/c1-18-9(15)6-2-3-12(4-6)20(16,17)10-7(8(13)14)11-5-19-10/h5-6H,2-4H2,1H3,(H,13,14). The number of hydrogen-bond donors (Lipinski definition) is 1. The average molecular weight is 320 g/mol. The van der Waals surface area contributed by atoms with Gasteiger partial charge in [-0.25, -0.2) is 18.2 Å². The molecule has 110 valence electrons. The van der Waals surface area contributed by atoms with Gasteiger partial charge in [0, 0.05) is 13.1 Å². The van der Waals surface area contributed by atoms with Crippen LogP contribution in [0.1, 0.15) is 16.9 Å². The Morgan fingerprint density at radius 3 is 2.85 bits per heavy atom. The first-order valence-electron chi connectivity index (χ1n) is 5.62. The quantitative estimate of drug-likeness (QED) is 0.778. The maximum Gasteiger partial charge on any atom is 0.356 e. The molecule has 1 N–H and O–H groups in total. The highest BCUT2D eigenvalue weighted by atomic mass is 32.2. The predicted octanol–water partition coefficient (Wildman–Crippen LogP) is 0.0249. The van der Waals surface area contributed by atoms with Crippen LogP contribution in [0.15, 0.2) is 9.72 Å². The van der Waals surface area contributed by atoms with E-state index in [0.717, 1.165) is 15.6 Å². The Morgan fingerprint density at radius 2 is 2.25 bits per heavy atom. The lowest BCUT2D eigenvalue weighted by Gasteiger charge is -2.15. The van der Waals surface area contributed by atoms with Gasteiger partial charge in [0.25, 0.3) is 10.0 Å². The Hall–Kier alpha value is -1.52. The summed E-state index contributed by atoms with van der Waals surface area (Å²) in [6.45, 7) is 0.144. The summed E-state index contributed by atoms with van der Waals surface area (Å²) in [5, 5.41) is 8.93. The van der Waals surface area contributed by atoms with Crippen molar-refractivity contribution in [1.82, 2.24) is 9.29 Å². The van der Waals surface area contributed by atoms with Crippen LogP contribution in [0.4, 0.5) is 0 Å². The van der Waals surface area contributed by atoms with E-state index in [4.69, 9.17) is 5.11 Å². The Morgan fingerprint density at radius 1 is 1.55 bits per heavy atom. The third-order valence-electron chi connectivity index (χ3n) is 3.00. The van der Waals surface area contributed by atoms with Gasteiger partial charge in [0.05, 0.1) is 18.5 Å². The van der Waals surface area contributed by atoms with Crippen molar-refractivity contribution in [2.45, 2.75) is 10.6 Å². The van der Waals surface area contributed by atoms with Gasteiger partial charge in [-0.3, -0.25) is 4.79 Å². The summed E-state index contributed by atoms with van der Waals surface area (Å²) in [4.78, 5) is 25.9. The number of aromatic carboxylic acids is 1. The Kier molecular flexibility index (Phi) is 4.06. The molecule has 1 aliphatic rings. The number of methoxy groups -OCH3 is 1. The van der Waals surface area contributed by atoms with Crippen molar-refractivity contribution in [2.75, 3.05) is 20.2 Å². The molecule has 0 radical (unpaired) electrons. The molecule has 0 aromatic carbocycles. The van der Waals surface area contributed by atoms with E-state index < -0.39 is 33.6 Å². The minimum absolute atomic E-state index is 0.00797. The van der Waals surface area contributed by atoms with Crippen molar-refractivity contribution in [3.05, 3.63) is 11.2 Å². The summed E-state index contributed by atoms with van der Waals surface area (Å²) in [5.41, 5.74) is 0.681. The molecule has 1 aromatic heterocycles. The van der Waals surface area contributed by atoms with Gasteiger partial charge in [-0.15, -0.1) is 11.3 Å². The largest absolute Gasteiger partial charge is 0.476 e. The van der Waals surface area contributed by atoms with E-state index in [1.165, 1.54) is 12.6 Å². The molecule has 10 heteroatoms. The van der Waals surface area contributed by atoms with Gasteiger partial charge in [0.1, 0.15) is 0 Å². The minimum Gasteiger partial charge on any atom is -0.476 e. The van der Waals surface area contributed by atoms with E-state index in [-0.39, 0.29) is 17.3 Å². The van der Waals surface area contributed by atoms with Crippen molar-refractivity contribution in [2.24, 2.45) is 5.92 Å². The fourth-order valence-corrected chi connectivity index (χ4v) is 4.76. The molecule has 1 unspecified atom stereocenters. The second-order valence-electron chi connectivity index (χ2n) is 4.17. The number of thiazole rings is 1. The third-order valence-corrected chi connectivity index (χ3v) is 6.21. The Bertz CT molecular complexity index is 638. The summed E-state index contributed by atoms with van der Waals surface area (Å²) in [6, 6.07) is 0. The fraction of sp³-hybridized carbons (Fsp3) is 0.500. The van der Waals surface area contributed by atoms with E-state index in [2.05, 4.69) is 9.72 Å². The summed E-state index contributed by atoms with van der Waals surface area (Å²) in [6.07, 6.45) is 0.354. The van der Waals surface area contributed by atoms with E-state index in [1.807, 2.05) is 0 Å². The molecule has 1 atom stereocenters. The number of carboxylic acids is 1. The van der Waals surface area contributed by atoms with Crippen LogP contribution >= 0.6 is 11.3 Å². The number of aromatic nitrogens is 1. The van der Waals surface area contributed by atoms with Crippen molar-refractivity contribution in [3.8, 4) is 0 Å². The first-order chi connectivity index (χ1) is 9.37. The summed E-state index contributed by atoms with van der Waals surface area (Å²) < 4.78 is 30.1. The molecule has 1 aromatic rings. The molecule has 0 amide bonds. The molecule has 1 aliphatic heterocycles. The maximum absolute atomic E-state index is 12.4. The summed E-state index contributed by atoms with van der Waals surface area (Å²) in [7, 11) is -2.70. The predicted molar refractivity (Wildman–Crippen MR) is 68.0 cm³/mol. The van der Waals surface area contributed by atoms with E-state index in [9.17, 15) is 18.0 Å². The minimum atomic E-state index is -3.94. The zero-order valence-electron chi connectivity index (χ0n) is 10.5. The highest BCUT2D eigenvalue weighted by Gasteiger charge is 2.39. The second-order valence-corrected chi connectivity index (χ2v) is 7.15. The van der Waals surface area contributed by atoms with Crippen LogP contribution in [0.5, 0.6) is 0 Å². The van der Waals surface area contributed by atoms with Crippen LogP contribution in [0.3, 0.4) is 0 Å². The number of carboxylic acid groups (broad SMARTS) is 1. The van der Waals surface area contributed by atoms with Gasteiger partial charge in [-0.2, -0.15) is 4.31 Å². The molecule has 8 nitrogen and oxygen atoms in total. The molecular formula is C10H12N2O6S2. The smallest absolute Gasteiger partial charge is 0.356 e. The van der Waals surface area contributed by atoms with Gasteiger partial charge < -0.3 is 9.84 Å². The highest BCUT2D eigenvalue weighted by molar-refractivity contribution is 7.91. The van der Waals surface area contributed by atoms with Gasteiger partial charge in [0.15, 0.2) is 9.90 Å². The molecule has 0 saturated carbocycles. The number of esters is 1. The Labute approximate surface area is 119 Å². The van der Waals surface area contributed by atoms with Crippen LogP contribution in [0.25, 0.3) is 0 Å². The zero-order chi connectivity index (χ0) is 14.9. The van der Waals surface area contributed by atoms with Crippen molar-refractivity contribution in [1.29, 1.82) is 0 Å². The number of rotatable bonds is 4. The monoisotopic (exact) mass is 320 g/mol.